The number of rotatable bonds is 5. The SMILES string of the molecule is O=C(COC(=O)Cc1ccc(F)cc1)Nc1ccc(F)c(F)c1F. The molecule has 0 saturated carbocycles. The standard InChI is InChI=1S/C16H11F4NO3/c17-10-3-1-9(2-4-10)7-14(23)24-8-13(22)21-12-6-5-11(18)15(19)16(12)20/h1-6H,7-8H2,(H,21,22). The lowest BCUT2D eigenvalue weighted by molar-refractivity contribution is -0.146. The number of hydrogen-bond donors (Lipinski definition) is 1. The normalized spacial score (nSPS) is 10.3. The Morgan fingerprint density at radius 2 is 1.58 bits per heavy atom. The van der Waals surface area contributed by atoms with Gasteiger partial charge in [-0.15, -0.1) is 0 Å². The summed E-state index contributed by atoms with van der Waals surface area (Å²) >= 11 is 0. The third kappa shape index (κ3) is 4.55. The molecule has 1 amide bonds. The minimum absolute atomic E-state index is 0.187. The van der Waals surface area contributed by atoms with Crippen molar-refractivity contribution in [1.82, 2.24) is 0 Å². The molecule has 0 fully saturated rings. The van der Waals surface area contributed by atoms with Crippen molar-refractivity contribution in [2.24, 2.45) is 0 Å². The predicted octanol–water partition coefficient (Wildman–Crippen LogP) is 2.97. The fourth-order valence-electron chi connectivity index (χ4n) is 1.77. The number of anilines is 1. The molecule has 0 atom stereocenters. The van der Waals surface area contributed by atoms with Crippen molar-refractivity contribution in [2.45, 2.75) is 6.42 Å². The van der Waals surface area contributed by atoms with E-state index in [4.69, 9.17) is 0 Å². The van der Waals surface area contributed by atoms with Crippen molar-refractivity contribution in [1.29, 1.82) is 0 Å². The predicted molar refractivity (Wildman–Crippen MR) is 76.0 cm³/mol. The van der Waals surface area contributed by atoms with Gasteiger partial charge in [0.15, 0.2) is 24.1 Å². The molecule has 0 radical (unpaired) electrons. The molecular formula is C16H11F4NO3. The Balaban J connectivity index is 1.86. The van der Waals surface area contributed by atoms with E-state index in [0.717, 1.165) is 6.07 Å². The zero-order chi connectivity index (χ0) is 17.7. The molecule has 126 valence electrons. The number of carbonyl (C=O) groups excluding carboxylic acids is 2. The highest BCUT2D eigenvalue weighted by molar-refractivity contribution is 5.93. The van der Waals surface area contributed by atoms with Gasteiger partial charge in [-0.05, 0) is 29.8 Å². The monoisotopic (exact) mass is 341 g/mol. The van der Waals surface area contributed by atoms with E-state index in [-0.39, 0.29) is 6.42 Å². The van der Waals surface area contributed by atoms with Gasteiger partial charge in [0.25, 0.3) is 5.91 Å². The highest BCUT2D eigenvalue weighted by Crippen LogP contribution is 2.19. The smallest absolute Gasteiger partial charge is 0.310 e. The summed E-state index contributed by atoms with van der Waals surface area (Å²) in [5.74, 6) is -6.81. The van der Waals surface area contributed by atoms with E-state index in [1.807, 2.05) is 5.32 Å². The molecule has 0 heterocycles. The fourth-order valence-corrected chi connectivity index (χ4v) is 1.77. The van der Waals surface area contributed by atoms with Crippen LogP contribution < -0.4 is 5.32 Å². The van der Waals surface area contributed by atoms with E-state index in [1.54, 1.807) is 0 Å². The molecule has 0 bridgehead atoms. The summed E-state index contributed by atoms with van der Waals surface area (Å²) in [6.07, 6.45) is -0.187. The Morgan fingerprint density at radius 1 is 0.917 bits per heavy atom. The summed E-state index contributed by atoms with van der Waals surface area (Å²) in [6, 6.07) is 6.59. The van der Waals surface area contributed by atoms with Crippen LogP contribution in [0.5, 0.6) is 0 Å². The third-order valence-electron chi connectivity index (χ3n) is 2.94. The lowest BCUT2D eigenvalue weighted by atomic mass is 10.1. The van der Waals surface area contributed by atoms with Crippen LogP contribution in [0.15, 0.2) is 36.4 Å². The van der Waals surface area contributed by atoms with Crippen LogP contribution in [-0.2, 0) is 20.7 Å². The number of amides is 1. The molecule has 2 aromatic rings. The summed E-state index contributed by atoms with van der Waals surface area (Å²) in [6.45, 7) is -0.738. The summed E-state index contributed by atoms with van der Waals surface area (Å²) < 4.78 is 56.5. The number of carbonyl (C=O) groups is 2. The number of benzene rings is 2. The highest BCUT2D eigenvalue weighted by Gasteiger charge is 2.16. The van der Waals surface area contributed by atoms with E-state index in [9.17, 15) is 27.2 Å². The molecule has 0 aromatic heterocycles. The molecule has 4 nitrogen and oxygen atoms in total. The van der Waals surface area contributed by atoms with Gasteiger partial charge in [-0.3, -0.25) is 9.59 Å². The number of halogens is 4. The van der Waals surface area contributed by atoms with Crippen LogP contribution in [0.3, 0.4) is 0 Å². The van der Waals surface area contributed by atoms with Gasteiger partial charge in [0, 0.05) is 0 Å². The van der Waals surface area contributed by atoms with Crippen LogP contribution in [0.2, 0.25) is 0 Å². The summed E-state index contributed by atoms with van der Waals surface area (Å²) in [5, 5.41) is 1.96. The van der Waals surface area contributed by atoms with Crippen LogP contribution >= 0.6 is 0 Å². The molecule has 24 heavy (non-hydrogen) atoms. The van der Waals surface area contributed by atoms with Crippen molar-refractivity contribution in [3.63, 3.8) is 0 Å². The van der Waals surface area contributed by atoms with Crippen LogP contribution in [0.1, 0.15) is 5.56 Å². The number of hydrogen-bond acceptors (Lipinski definition) is 3. The molecule has 0 aliphatic carbocycles. The van der Waals surface area contributed by atoms with E-state index in [0.29, 0.717) is 11.6 Å². The van der Waals surface area contributed by atoms with Crippen molar-refractivity contribution in [3.05, 3.63) is 65.2 Å². The first-order valence-corrected chi connectivity index (χ1v) is 6.70. The minimum atomic E-state index is -1.72. The Bertz CT molecular complexity index is 763. The topological polar surface area (TPSA) is 55.4 Å². The number of ether oxygens (including phenoxy) is 1. The van der Waals surface area contributed by atoms with E-state index in [1.165, 1.54) is 24.3 Å². The summed E-state index contributed by atoms with van der Waals surface area (Å²) in [4.78, 5) is 23.1. The third-order valence-corrected chi connectivity index (χ3v) is 2.94. The van der Waals surface area contributed by atoms with Gasteiger partial charge in [-0.25, -0.2) is 17.6 Å². The highest BCUT2D eigenvalue weighted by atomic mass is 19.2. The lowest BCUT2D eigenvalue weighted by Gasteiger charge is -2.08. The molecule has 0 unspecified atom stereocenters. The van der Waals surface area contributed by atoms with Crippen LogP contribution in [0.4, 0.5) is 23.2 Å². The van der Waals surface area contributed by atoms with Crippen molar-refractivity contribution >= 4 is 17.6 Å². The average Bonchev–Trinajstić information content (AvgIpc) is 2.56. The maximum absolute atomic E-state index is 13.4. The van der Waals surface area contributed by atoms with Crippen molar-refractivity contribution < 1.29 is 31.9 Å². The fraction of sp³-hybridized carbons (Fsp3) is 0.125. The second-order valence-electron chi connectivity index (χ2n) is 4.74. The Kier molecular flexibility index (Phi) is 5.51. The summed E-state index contributed by atoms with van der Waals surface area (Å²) in [7, 11) is 0. The Morgan fingerprint density at radius 3 is 2.25 bits per heavy atom. The number of esters is 1. The first kappa shape index (κ1) is 17.5. The lowest BCUT2D eigenvalue weighted by Crippen LogP contribution is -2.22. The molecule has 0 aliphatic rings. The first-order chi connectivity index (χ1) is 11.4. The maximum Gasteiger partial charge on any atom is 0.310 e. The molecule has 8 heteroatoms. The van der Waals surface area contributed by atoms with Gasteiger partial charge in [-0.1, -0.05) is 12.1 Å². The van der Waals surface area contributed by atoms with Crippen LogP contribution in [0.25, 0.3) is 0 Å². The molecule has 1 N–H and O–H groups in total. The van der Waals surface area contributed by atoms with Gasteiger partial charge in [0.05, 0.1) is 12.1 Å². The molecule has 0 aliphatic heterocycles. The maximum atomic E-state index is 13.4. The quantitative estimate of drug-likeness (QED) is 0.517. The second kappa shape index (κ2) is 7.58. The average molecular weight is 341 g/mol. The molecule has 0 spiro atoms. The molecule has 0 saturated heterocycles. The zero-order valence-electron chi connectivity index (χ0n) is 12.1. The summed E-state index contributed by atoms with van der Waals surface area (Å²) in [5.41, 5.74) is -0.0954. The van der Waals surface area contributed by atoms with Gasteiger partial charge in [0.1, 0.15) is 5.82 Å². The number of nitrogens with one attached hydrogen (secondary N) is 1. The van der Waals surface area contributed by atoms with E-state index >= 15 is 0 Å². The molecule has 2 aromatic carbocycles. The van der Waals surface area contributed by atoms with Gasteiger partial charge < -0.3 is 10.1 Å². The van der Waals surface area contributed by atoms with Crippen molar-refractivity contribution in [2.75, 3.05) is 11.9 Å². The largest absolute Gasteiger partial charge is 0.455 e. The molecular weight excluding hydrogens is 330 g/mol. The van der Waals surface area contributed by atoms with Gasteiger partial charge in [-0.2, -0.15) is 0 Å². The van der Waals surface area contributed by atoms with Crippen LogP contribution in [-0.4, -0.2) is 18.5 Å². The van der Waals surface area contributed by atoms with E-state index < -0.39 is 47.4 Å². The van der Waals surface area contributed by atoms with Gasteiger partial charge in [0.2, 0.25) is 0 Å². The Labute approximate surface area is 134 Å². The molecule has 2 rings (SSSR count). The minimum Gasteiger partial charge on any atom is -0.455 e. The zero-order valence-corrected chi connectivity index (χ0v) is 12.1. The Hall–Kier alpha value is -2.90. The van der Waals surface area contributed by atoms with E-state index in [2.05, 4.69) is 4.74 Å². The first-order valence-electron chi connectivity index (χ1n) is 6.70. The van der Waals surface area contributed by atoms with Gasteiger partial charge >= 0.3 is 5.97 Å². The van der Waals surface area contributed by atoms with Crippen molar-refractivity contribution in [3.8, 4) is 0 Å². The van der Waals surface area contributed by atoms with Crippen LogP contribution in [0, 0.1) is 23.3 Å². The second-order valence-corrected chi connectivity index (χ2v) is 4.74.